The van der Waals surface area contributed by atoms with Crippen LogP contribution in [0, 0.1) is 0 Å². The van der Waals surface area contributed by atoms with Crippen molar-refractivity contribution in [1.29, 1.82) is 0 Å². The van der Waals surface area contributed by atoms with E-state index in [1.165, 1.54) is 0 Å². The highest BCUT2D eigenvalue weighted by Crippen LogP contribution is 2.09. The van der Waals surface area contributed by atoms with E-state index in [-0.39, 0.29) is 11.9 Å². The molecule has 1 heterocycles. The van der Waals surface area contributed by atoms with E-state index < -0.39 is 0 Å². The van der Waals surface area contributed by atoms with Crippen LogP contribution in [0.2, 0.25) is 0 Å². The number of hydrogen-bond donors (Lipinski definition) is 3. The van der Waals surface area contributed by atoms with Crippen molar-refractivity contribution in [3.05, 3.63) is 59.9 Å². The van der Waals surface area contributed by atoms with Crippen molar-refractivity contribution < 1.29 is 9.59 Å². The molecule has 3 amide bonds. The average molecular weight is 298 g/mol. The lowest BCUT2D eigenvalue weighted by atomic mass is 10.2. The van der Waals surface area contributed by atoms with E-state index in [0.717, 1.165) is 5.56 Å². The summed E-state index contributed by atoms with van der Waals surface area (Å²) in [5.41, 5.74) is 2.10. The maximum atomic E-state index is 11.8. The van der Waals surface area contributed by atoms with Gasteiger partial charge in [-0.15, -0.1) is 0 Å². The number of urea groups is 1. The van der Waals surface area contributed by atoms with Gasteiger partial charge in [-0.2, -0.15) is 0 Å². The zero-order valence-electron chi connectivity index (χ0n) is 12.3. The lowest BCUT2D eigenvalue weighted by Gasteiger charge is -2.08. The summed E-state index contributed by atoms with van der Waals surface area (Å²) in [6, 6.07) is 10.1. The van der Waals surface area contributed by atoms with Gasteiger partial charge in [0, 0.05) is 36.7 Å². The zero-order chi connectivity index (χ0) is 15.8. The molecule has 2 aromatic rings. The zero-order valence-corrected chi connectivity index (χ0v) is 12.3. The van der Waals surface area contributed by atoms with Crippen LogP contribution in [-0.2, 0) is 6.54 Å². The van der Waals surface area contributed by atoms with Gasteiger partial charge in [0.1, 0.15) is 0 Å². The van der Waals surface area contributed by atoms with Crippen LogP contribution in [0.4, 0.5) is 10.5 Å². The van der Waals surface area contributed by atoms with Crippen LogP contribution in [0.3, 0.4) is 0 Å². The first-order chi connectivity index (χ1) is 10.7. The molecule has 0 aliphatic carbocycles. The molecule has 0 unspecified atom stereocenters. The summed E-state index contributed by atoms with van der Waals surface area (Å²) >= 11 is 0. The highest BCUT2D eigenvalue weighted by molar-refractivity contribution is 5.95. The highest BCUT2D eigenvalue weighted by atomic mass is 16.2. The second-order valence-corrected chi connectivity index (χ2v) is 4.61. The minimum absolute atomic E-state index is 0.130. The van der Waals surface area contributed by atoms with Crippen molar-refractivity contribution in [2.24, 2.45) is 0 Å². The Morgan fingerprint density at radius 3 is 2.50 bits per heavy atom. The lowest BCUT2D eigenvalue weighted by molar-refractivity contribution is 0.0956. The fraction of sp³-hybridized carbons (Fsp3) is 0.188. The van der Waals surface area contributed by atoms with Crippen molar-refractivity contribution in [2.75, 3.05) is 11.9 Å². The minimum atomic E-state index is -0.311. The summed E-state index contributed by atoms with van der Waals surface area (Å²) in [6.07, 6.45) is 3.38. The van der Waals surface area contributed by atoms with Gasteiger partial charge in [0.25, 0.3) is 5.91 Å². The molecule has 6 heteroatoms. The molecule has 0 atom stereocenters. The van der Waals surface area contributed by atoms with Gasteiger partial charge in [-0.3, -0.25) is 9.78 Å². The molecular weight excluding hydrogens is 280 g/mol. The summed E-state index contributed by atoms with van der Waals surface area (Å²) < 4.78 is 0. The van der Waals surface area contributed by atoms with E-state index in [1.807, 2.05) is 19.1 Å². The molecule has 22 heavy (non-hydrogen) atoms. The maximum absolute atomic E-state index is 11.8. The Bertz CT molecular complexity index is 626. The van der Waals surface area contributed by atoms with Gasteiger partial charge in [-0.05, 0) is 42.8 Å². The number of nitrogens with zero attached hydrogens (tertiary/aromatic N) is 1. The summed E-state index contributed by atoms with van der Waals surface area (Å²) in [5, 5.41) is 8.16. The topological polar surface area (TPSA) is 83.1 Å². The number of nitrogens with one attached hydrogen (secondary N) is 3. The first-order valence-corrected chi connectivity index (χ1v) is 7.01. The van der Waals surface area contributed by atoms with Crippen molar-refractivity contribution in [3.63, 3.8) is 0 Å². The third kappa shape index (κ3) is 4.59. The van der Waals surface area contributed by atoms with Gasteiger partial charge < -0.3 is 16.0 Å². The fourth-order valence-corrected chi connectivity index (χ4v) is 1.83. The predicted octanol–water partition coefficient (Wildman–Crippen LogP) is 2.15. The lowest BCUT2D eigenvalue weighted by Crippen LogP contribution is -2.28. The number of benzene rings is 1. The van der Waals surface area contributed by atoms with Crippen molar-refractivity contribution in [3.8, 4) is 0 Å². The minimum Gasteiger partial charge on any atom is -0.352 e. The standard InChI is InChI=1S/C16H18N4O2/c1-2-18-15(21)13-5-7-14(8-6-13)20-16(22)19-11-12-4-3-9-17-10-12/h3-10H,2,11H2,1H3,(H,18,21)(H2,19,20,22). The Morgan fingerprint density at radius 1 is 1.09 bits per heavy atom. The second kappa shape index (κ2) is 7.78. The van der Waals surface area contributed by atoms with Gasteiger partial charge in [0.15, 0.2) is 0 Å². The third-order valence-electron chi connectivity index (χ3n) is 2.92. The molecule has 0 aliphatic rings. The Hall–Kier alpha value is -2.89. The molecule has 0 bridgehead atoms. The van der Waals surface area contributed by atoms with Crippen LogP contribution < -0.4 is 16.0 Å². The predicted molar refractivity (Wildman–Crippen MR) is 84.5 cm³/mol. The molecule has 114 valence electrons. The van der Waals surface area contributed by atoms with Crippen LogP contribution in [0.25, 0.3) is 0 Å². The first-order valence-electron chi connectivity index (χ1n) is 7.01. The van der Waals surface area contributed by atoms with Crippen LogP contribution in [-0.4, -0.2) is 23.5 Å². The molecule has 6 nitrogen and oxygen atoms in total. The number of amides is 3. The molecule has 1 aromatic carbocycles. The van der Waals surface area contributed by atoms with E-state index in [4.69, 9.17) is 0 Å². The maximum Gasteiger partial charge on any atom is 0.319 e. The number of rotatable bonds is 5. The highest BCUT2D eigenvalue weighted by Gasteiger charge is 2.05. The molecule has 0 aliphatic heterocycles. The quantitative estimate of drug-likeness (QED) is 0.791. The molecule has 0 fully saturated rings. The first kappa shape index (κ1) is 15.5. The van der Waals surface area contributed by atoms with E-state index in [1.54, 1.807) is 36.7 Å². The summed E-state index contributed by atoms with van der Waals surface area (Å²) in [6.45, 7) is 2.84. The van der Waals surface area contributed by atoms with E-state index in [0.29, 0.717) is 24.3 Å². The second-order valence-electron chi connectivity index (χ2n) is 4.61. The normalized spacial score (nSPS) is 9.86. The Morgan fingerprint density at radius 2 is 1.86 bits per heavy atom. The van der Waals surface area contributed by atoms with Gasteiger partial charge >= 0.3 is 6.03 Å². The monoisotopic (exact) mass is 298 g/mol. The Balaban J connectivity index is 1.85. The molecule has 1 aromatic heterocycles. The van der Waals surface area contributed by atoms with Gasteiger partial charge in [-0.1, -0.05) is 6.07 Å². The van der Waals surface area contributed by atoms with E-state index >= 15 is 0 Å². The number of carbonyl (C=O) groups is 2. The molecule has 0 spiro atoms. The van der Waals surface area contributed by atoms with Crippen LogP contribution in [0.15, 0.2) is 48.8 Å². The fourth-order valence-electron chi connectivity index (χ4n) is 1.83. The van der Waals surface area contributed by atoms with Crippen molar-refractivity contribution >= 4 is 17.6 Å². The average Bonchev–Trinajstić information content (AvgIpc) is 2.55. The smallest absolute Gasteiger partial charge is 0.319 e. The number of pyridine rings is 1. The SMILES string of the molecule is CCNC(=O)c1ccc(NC(=O)NCc2cccnc2)cc1. The van der Waals surface area contributed by atoms with E-state index in [2.05, 4.69) is 20.9 Å². The molecule has 0 saturated carbocycles. The third-order valence-corrected chi connectivity index (χ3v) is 2.92. The number of carbonyl (C=O) groups excluding carboxylic acids is 2. The van der Waals surface area contributed by atoms with Crippen molar-refractivity contribution in [2.45, 2.75) is 13.5 Å². The largest absolute Gasteiger partial charge is 0.352 e. The Labute approximate surface area is 129 Å². The molecule has 0 radical (unpaired) electrons. The number of aromatic nitrogens is 1. The molecule has 0 saturated heterocycles. The van der Waals surface area contributed by atoms with Crippen LogP contribution >= 0.6 is 0 Å². The number of hydrogen-bond acceptors (Lipinski definition) is 3. The van der Waals surface area contributed by atoms with Gasteiger partial charge in [0.2, 0.25) is 0 Å². The summed E-state index contributed by atoms with van der Waals surface area (Å²) in [5.74, 6) is -0.130. The van der Waals surface area contributed by atoms with Crippen LogP contribution in [0.5, 0.6) is 0 Å². The Kier molecular flexibility index (Phi) is 5.48. The van der Waals surface area contributed by atoms with E-state index in [9.17, 15) is 9.59 Å². The van der Waals surface area contributed by atoms with Gasteiger partial charge in [-0.25, -0.2) is 4.79 Å². The number of anilines is 1. The van der Waals surface area contributed by atoms with Crippen LogP contribution in [0.1, 0.15) is 22.8 Å². The van der Waals surface area contributed by atoms with Crippen molar-refractivity contribution in [1.82, 2.24) is 15.6 Å². The molecule has 2 rings (SSSR count). The molecular formula is C16H18N4O2. The summed E-state index contributed by atoms with van der Waals surface area (Å²) in [4.78, 5) is 27.4. The molecule has 3 N–H and O–H groups in total. The summed E-state index contributed by atoms with van der Waals surface area (Å²) in [7, 11) is 0. The van der Waals surface area contributed by atoms with Gasteiger partial charge in [0.05, 0.1) is 0 Å².